The van der Waals surface area contributed by atoms with Gasteiger partial charge in [0.15, 0.2) is 0 Å². The summed E-state index contributed by atoms with van der Waals surface area (Å²) in [6.07, 6.45) is 6.77. The van der Waals surface area contributed by atoms with Crippen LogP contribution in [0, 0.1) is 5.92 Å². The van der Waals surface area contributed by atoms with Crippen molar-refractivity contribution in [2.45, 2.75) is 90.1 Å². The predicted octanol–water partition coefficient (Wildman–Crippen LogP) is 3.68. The van der Waals surface area contributed by atoms with E-state index in [0.717, 1.165) is 37.7 Å². The van der Waals surface area contributed by atoms with Crippen LogP contribution in [0.25, 0.3) is 0 Å². The molecule has 0 aromatic carbocycles. The maximum Gasteiger partial charge on any atom is 0.334 e. The van der Waals surface area contributed by atoms with E-state index in [0.29, 0.717) is 17.9 Å². The minimum Gasteiger partial charge on any atom is -0.454 e. The van der Waals surface area contributed by atoms with Gasteiger partial charge in [-0.3, -0.25) is 0 Å². The number of carbonyl (C=O) groups is 1. The molecule has 0 aliphatic carbocycles. The van der Waals surface area contributed by atoms with Crippen LogP contribution in [0.15, 0.2) is 22.8 Å². The molecule has 0 aromatic rings. The van der Waals surface area contributed by atoms with E-state index < -0.39 is 11.7 Å². The summed E-state index contributed by atoms with van der Waals surface area (Å²) in [4.78, 5) is 12.0. The molecular formula is C20H30O4. The van der Waals surface area contributed by atoms with Gasteiger partial charge in [0.1, 0.15) is 6.10 Å². The van der Waals surface area contributed by atoms with E-state index in [1.165, 1.54) is 5.57 Å². The number of ether oxygens (including phenoxy) is 2. The lowest BCUT2D eigenvalue weighted by Crippen LogP contribution is -2.41. The van der Waals surface area contributed by atoms with Crippen LogP contribution in [0.3, 0.4) is 0 Å². The Hall–Kier alpha value is -1.13. The maximum atomic E-state index is 12.0. The summed E-state index contributed by atoms with van der Waals surface area (Å²) in [5.74, 6) is 0.244. The van der Waals surface area contributed by atoms with E-state index in [4.69, 9.17) is 9.47 Å². The molecule has 1 saturated heterocycles. The second-order valence-corrected chi connectivity index (χ2v) is 8.08. The van der Waals surface area contributed by atoms with E-state index in [2.05, 4.69) is 19.9 Å². The number of allylic oxidation sites excluding steroid dienone is 1. The summed E-state index contributed by atoms with van der Waals surface area (Å²) >= 11 is 0. The number of fused-ring (bicyclic) bond motifs is 3. The molecular weight excluding hydrogens is 304 g/mol. The first-order valence-electron chi connectivity index (χ1n) is 9.22. The first kappa shape index (κ1) is 17.7. The lowest BCUT2D eigenvalue weighted by molar-refractivity contribution is -0.139. The van der Waals surface area contributed by atoms with Crippen molar-refractivity contribution >= 4 is 5.97 Å². The highest BCUT2D eigenvalue weighted by atomic mass is 16.5. The Kier molecular flexibility index (Phi) is 4.89. The molecule has 0 radical (unpaired) electrons. The second-order valence-electron chi connectivity index (χ2n) is 8.08. The summed E-state index contributed by atoms with van der Waals surface area (Å²) in [6.45, 7) is 8.17. The molecule has 5 atom stereocenters. The number of esters is 1. The Labute approximate surface area is 144 Å². The number of hydrogen-bond acceptors (Lipinski definition) is 4. The lowest BCUT2D eigenvalue weighted by atomic mass is 9.86. The van der Waals surface area contributed by atoms with Crippen LogP contribution in [-0.2, 0) is 14.3 Å². The van der Waals surface area contributed by atoms with Gasteiger partial charge in [0.2, 0.25) is 0 Å². The summed E-state index contributed by atoms with van der Waals surface area (Å²) in [6, 6.07) is 0. The minimum atomic E-state index is -0.610. The van der Waals surface area contributed by atoms with Crippen LogP contribution in [-0.4, -0.2) is 35.0 Å². The largest absolute Gasteiger partial charge is 0.454 e. The van der Waals surface area contributed by atoms with Crippen LogP contribution >= 0.6 is 0 Å². The van der Waals surface area contributed by atoms with Gasteiger partial charge in [-0.2, -0.15) is 0 Å². The molecule has 3 aliphatic rings. The molecule has 134 valence electrons. The van der Waals surface area contributed by atoms with Crippen molar-refractivity contribution in [1.29, 1.82) is 0 Å². The summed E-state index contributed by atoms with van der Waals surface area (Å²) in [5, 5.41) is 10.9. The van der Waals surface area contributed by atoms with Gasteiger partial charge in [-0.1, -0.05) is 18.6 Å². The number of hydrogen-bond donors (Lipinski definition) is 1. The third-order valence-corrected chi connectivity index (χ3v) is 6.15. The summed E-state index contributed by atoms with van der Waals surface area (Å²) in [7, 11) is 0. The van der Waals surface area contributed by atoms with Crippen molar-refractivity contribution in [1.82, 2.24) is 0 Å². The summed E-state index contributed by atoms with van der Waals surface area (Å²) in [5.41, 5.74) is 2.33. The van der Waals surface area contributed by atoms with Crippen LogP contribution in [0.4, 0.5) is 0 Å². The molecule has 1 N–H and O–H groups in total. The van der Waals surface area contributed by atoms with Gasteiger partial charge in [-0.05, 0) is 57.9 Å². The van der Waals surface area contributed by atoms with Gasteiger partial charge >= 0.3 is 5.97 Å². The standard InChI is InChI=1S/C20H30O4/c1-12-6-5-7-13(2)16-8-9-20(4,24-16)18(21)11-15-14(3)19(22)23-17(15)10-12/h6,13,16-18,21H,5,7-11H2,1-4H3/b12-6-/t13-,16+,17+,18+,20+/m0/s1. The van der Waals surface area contributed by atoms with Crippen LogP contribution in [0.1, 0.15) is 66.2 Å². The molecule has 0 amide bonds. The highest BCUT2D eigenvalue weighted by Crippen LogP contribution is 2.41. The van der Waals surface area contributed by atoms with E-state index in [-0.39, 0.29) is 18.2 Å². The average molecular weight is 334 g/mol. The van der Waals surface area contributed by atoms with Crippen molar-refractivity contribution in [2.24, 2.45) is 5.92 Å². The zero-order valence-corrected chi connectivity index (χ0v) is 15.3. The Balaban J connectivity index is 1.90. The van der Waals surface area contributed by atoms with Gasteiger partial charge in [-0.15, -0.1) is 0 Å². The Bertz CT molecular complexity index is 576. The van der Waals surface area contributed by atoms with E-state index in [1.54, 1.807) is 0 Å². The number of aliphatic hydroxyl groups excluding tert-OH is 1. The number of rotatable bonds is 0. The highest BCUT2D eigenvalue weighted by Gasteiger charge is 2.45. The Morgan fingerprint density at radius 3 is 2.75 bits per heavy atom. The molecule has 3 rings (SSSR count). The number of aliphatic hydroxyl groups is 1. The van der Waals surface area contributed by atoms with Crippen molar-refractivity contribution < 1.29 is 19.4 Å². The summed E-state index contributed by atoms with van der Waals surface area (Å²) < 4.78 is 11.9. The first-order valence-corrected chi connectivity index (χ1v) is 9.22. The monoisotopic (exact) mass is 334 g/mol. The zero-order chi connectivity index (χ0) is 17.5. The predicted molar refractivity (Wildman–Crippen MR) is 92.5 cm³/mol. The first-order chi connectivity index (χ1) is 11.3. The minimum absolute atomic E-state index is 0.214. The van der Waals surface area contributed by atoms with Gasteiger partial charge < -0.3 is 14.6 Å². The van der Waals surface area contributed by atoms with Crippen molar-refractivity contribution in [3.8, 4) is 0 Å². The zero-order valence-electron chi connectivity index (χ0n) is 15.3. The molecule has 4 nitrogen and oxygen atoms in total. The molecule has 4 heteroatoms. The van der Waals surface area contributed by atoms with Crippen LogP contribution in [0.5, 0.6) is 0 Å². The SMILES string of the molecule is CC1=C2C[C@@H](O)[C@@]3(C)CC[C@@H](O3)[C@@H](C)CC/C=C(/C)C[C@H]2OC1=O. The Morgan fingerprint density at radius 1 is 1.25 bits per heavy atom. The number of carbonyl (C=O) groups excluding carboxylic acids is 1. The van der Waals surface area contributed by atoms with Crippen molar-refractivity contribution in [2.75, 3.05) is 0 Å². The van der Waals surface area contributed by atoms with E-state index >= 15 is 0 Å². The van der Waals surface area contributed by atoms with Gasteiger partial charge in [0.25, 0.3) is 0 Å². The maximum absolute atomic E-state index is 12.0. The third-order valence-electron chi connectivity index (χ3n) is 6.15. The highest BCUT2D eigenvalue weighted by molar-refractivity contribution is 5.91. The molecule has 3 heterocycles. The molecule has 0 spiro atoms. The molecule has 3 aliphatic heterocycles. The normalized spacial score (nSPS) is 43.2. The molecule has 24 heavy (non-hydrogen) atoms. The topological polar surface area (TPSA) is 55.8 Å². The lowest BCUT2D eigenvalue weighted by Gasteiger charge is -2.32. The third kappa shape index (κ3) is 3.31. The van der Waals surface area contributed by atoms with Gasteiger partial charge in [0.05, 0.1) is 17.8 Å². The van der Waals surface area contributed by atoms with Crippen LogP contribution < -0.4 is 0 Å². The fourth-order valence-electron chi connectivity index (χ4n) is 4.23. The quantitative estimate of drug-likeness (QED) is 0.542. The molecule has 0 saturated carbocycles. The van der Waals surface area contributed by atoms with E-state index in [1.807, 2.05) is 13.8 Å². The van der Waals surface area contributed by atoms with Crippen LogP contribution in [0.2, 0.25) is 0 Å². The molecule has 0 aromatic heterocycles. The Morgan fingerprint density at radius 2 is 2.00 bits per heavy atom. The smallest absolute Gasteiger partial charge is 0.334 e. The van der Waals surface area contributed by atoms with Crippen molar-refractivity contribution in [3.05, 3.63) is 22.8 Å². The van der Waals surface area contributed by atoms with E-state index in [9.17, 15) is 9.90 Å². The fraction of sp³-hybridized carbons (Fsp3) is 0.750. The second kappa shape index (κ2) is 6.64. The average Bonchev–Trinajstić information content (AvgIpc) is 3.04. The molecule has 2 bridgehead atoms. The molecule has 1 fully saturated rings. The van der Waals surface area contributed by atoms with Crippen molar-refractivity contribution in [3.63, 3.8) is 0 Å². The fourth-order valence-corrected chi connectivity index (χ4v) is 4.23. The molecule has 0 unspecified atom stereocenters. The van der Waals surface area contributed by atoms with Gasteiger partial charge in [-0.25, -0.2) is 4.79 Å². The van der Waals surface area contributed by atoms with Gasteiger partial charge in [0, 0.05) is 18.4 Å².